The molecule has 1 fully saturated rings. The molecular formula is C5H9NaO5S. The van der Waals surface area contributed by atoms with Gasteiger partial charge in [-0.3, -0.25) is 0 Å². The topological polar surface area (TPSA) is 86.7 Å². The SMILES string of the molecule is O=S(=O)([O-])C1(O)CCCOC1.[Na+]. The second kappa shape index (κ2) is 4.36. The Hall–Kier alpha value is 0.830. The Labute approximate surface area is 93.1 Å². The molecule has 12 heavy (non-hydrogen) atoms. The molecule has 0 aromatic rings. The largest absolute Gasteiger partial charge is 1.00 e. The summed E-state index contributed by atoms with van der Waals surface area (Å²) >= 11 is 0. The molecule has 0 bridgehead atoms. The molecule has 1 heterocycles. The van der Waals surface area contributed by atoms with Gasteiger partial charge >= 0.3 is 29.6 Å². The minimum atomic E-state index is -4.64. The molecule has 0 aromatic carbocycles. The predicted molar refractivity (Wildman–Crippen MR) is 34.7 cm³/mol. The number of ether oxygens (including phenoxy) is 1. The quantitative estimate of drug-likeness (QED) is 0.348. The Morgan fingerprint density at radius 1 is 1.50 bits per heavy atom. The fourth-order valence-corrected chi connectivity index (χ4v) is 1.57. The summed E-state index contributed by atoms with van der Waals surface area (Å²) < 4.78 is 35.9. The van der Waals surface area contributed by atoms with Gasteiger partial charge in [-0.1, -0.05) is 0 Å². The summed E-state index contributed by atoms with van der Waals surface area (Å²) in [6.07, 6.45) is 0.372. The van der Waals surface area contributed by atoms with Crippen LogP contribution < -0.4 is 29.6 Å². The van der Waals surface area contributed by atoms with E-state index in [0.717, 1.165) is 0 Å². The smallest absolute Gasteiger partial charge is 0.746 e. The molecule has 0 amide bonds. The minimum Gasteiger partial charge on any atom is -0.746 e. The van der Waals surface area contributed by atoms with E-state index < -0.39 is 21.7 Å². The first-order valence-electron chi connectivity index (χ1n) is 3.21. The van der Waals surface area contributed by atoms with Crippen LogP contribution in [0.5, 0.6) is 0 Å². The summed E-state index contributed by atoms with van der Waals surface area (Å²) in [5, 5.41) is 9.18. The molecule has 66 valence electrons. The Morgan fingerprint density at radius 2 is 2.08 bits per heavy atom. The van der Waals surface area contributed by atoms with Gasteiger partial charge < -0.3 is 14.4 Å². The zero-order chi connectivity index (χ0) is 8.54. The van der Waals surface area contributed by atoms with Crippen molar-refractivity contribution >= 4 is 10.1 Å². The van der Waals surface area contributed by atoms with E-state index in [-0.39, 0.29) is 36.0 Å². The van der Waals surface area contributed by atoms with Crippen LogP contribution in [0.25, 0.3) is 0 Å². The monoisotopic (exact) mass is 204 g/mol. The molecule has 0 spiro atoms. The summed E-state index contributed by atoms with van der Waals surface area (Å²) in [4.78, 5) is -2.19. The molecule has 1 unspecified atom stereocenters. The zero-order valence-corrected chi connectivity index (χ0v) is 9.63. The molecule has 0 saturated carbocycles. The van der Waals surface area contributed by atoms with E-state index in [1.54, 1.807) is 0 Å². The fraction of sp³-hybridized carbons (Fsp3) is 1.00. The van der Waals surface area contributed by atoms with Gasteiger partial charge in [0.2, 0.25) is 0 Å². The zero-order valence-electron chi connectivity index (χ0n) is 6.82. The third-order valence-corrected chi connectivity index (χ3v) is 2.90. The Balaban J connectivity index is 0.00000121. The van der Waals surface area contributed by atoms with Crippen molar-refractivity contribution in [1.82, 2.24) is 0 Å². The second-order valence-corrected chi connectivity index (χ2v) is 4.22. The van der Waals surface area contributed by atoms with Crippen molar-refractivity contribution < 1.29 is 52.4 Å². The summed E-state index contributed by atoms with van der Waals surface area (Å²) in [6.45, 7) is -0.00331. The first-order chi connectivity index (χ1) is 4.96. The van der Waals surface area contributed by atoms with Gasteiger partial charge in [0.25, 0.3) is 0 Å². The van der Waals surface area contributed by atoms with Crippen molar-refractivity contribution in [2.45, 2.75) is 17.8 Å². The van der Waals surface area contributed by atoms with Crippen molar-refractivity contribution in [3.8, 4) is 0 Å². The van der Waals surface area contributed by atoms with Crippen LogP contribution in [0.15, 0.2) is 0 Å². The Morgan fingerprint density at radius 3 is 2.33 bits per heavy atom. The standard InChI is InChI=1S/C5H10O5S.Na/c6-5(11(7,8)9)2-1-3-10-4-5;/h6H,1-4H2,(H,7,8,9);/q;+1/p-1. The van der Waals surface area contributed by atoms with Gasteiger partial charge in [-0.2, -0.15) is 0 Å². The van der Waals surface area contributed by atoms with Crippen LogP contribution in [0, 0.1) is 0 Å². The molecule has 1 atom stereocenters. The predicted octanol–water partition coefficient (Wildman–Crippen LogP) is -3.97. The van der Waals surface area contributed by atoms with E-state index in [4.69, 9.17) is 0 Å². The van der Waals surface area contributed by atoms with Crippen LogP contribution in [0.1, 0.15) is 12.8 Å². The Bertz CT molecular complexity index is 230. The van der Waals surface area contributed by atoms with Gasteiger partial charge in [0, 0.05) is 6.61 Å². The van der Waals surface area contributed by atoms with Crippen LogP contribution in [0.2, 0.25) is 0 Å². The van der Waals surface area contributed by atoms with Gasteiger partial charge in [0.05, 0.1) is 6.61 Å². The maximum absolute atomic E-state index is 10.4. The van der Waals surface area contributed by atoms with Crippen LogP contribution >= 0.6 is 0 Å². The number of hydrogen-bond donors (Lipinski definition) is 1. The normalized spacial score (nSPS) is 30.8. The summed E-state index contributed by atoms with van der Waals surface area (Å²) in [5.74, 6) is 0. The summed E-state index contributed by atoms with van der Waals surface area (Å²) in [6, 6.07) is 0. The maximum Gasteiger partial charge on any atom is 1.00 e. The number of rotatable bonds is 1. The Kier molecular flexibility index (Phi) is 4.67. The first-order valence-corrected chi connectivity index (χ1v) is 4.62. The molecule has 1 aliphatic rings. The van der Waals surface area contributed by atoms with Gasteiger partial charge in [0.1, 0.15) is 10.1 Å². The maximum atomic E-state index is 10.4. The van der Waals surface area contributed by atoms with Gasteiger partial charge in [-0.05, 0) is 12.8 Å². The average Bonchev–Trinajstić information content (AvgIpc) is 1.87. The van der Waals surface area contributed by atoms with E-state index >= 15 is 0 Å². The fourth-order valence-electron chi connectivity index (χ4n) is 0.951. The molecule has 7 heteroatoms. The molecule has 1 aliphatic heterocycles. The molecular weight excluding hydrogens is 195 g/mol. The van der Waals surface area contributed by atoms with Crippen molar-refractivity contribution in [2.75, 3.05) is 13.2 Å². The summed E-state index contributed by atoms with van der Waals surface area (Å²) in [5.41, 5.74) is 0. The van der Waals surface area contributed by atoms with Crippen molar-refractivity contribution in [3.63, 3.8) is 0 Å². The molecule has 0 radical (unpaired) electrons. The van der Waals surface area contributed by atoms with E-state index in [9.17, 15) is 18.1 Å². The van der Waals surface area contributed by atoms with Gasteiger partial charge in [-0.15, -0.1) is 0 Å². The van der Waals surface area contributed by atoms with Crippen molar-refractivity contribution in [1.29, 1.82) is 0 Å². The molecule has 1 rings (SSSR count). The van der Waals surface area contributed by atoms with Crippen molar-refractivity contribution in [3.05, 3.63) is 0 Å². The van der Waals surface area contributed by atoms with Crippen LogP contribution in [0.3, 0.4) is 0 Å². The molecule has 0 aliphatic carbocycles. The van der Waals surface area contributed by atoms with Crippen LogP contribution in [-0.2, 0) is 14.9 Å². The van der Waals surface area contributed by atoms with E-state index in [2.05, 4.69) is 4.74 Å². The van der Waals surface area contributed by atoms with E-state index in [1.807, 2.05) is 0 Å². The van der Waals surface area contributed by atoms with Crippen LogP contribution in [-0.4, -0.2) is 36.2 Å². The second-order valence-electron chi connectivity index (χ2n) is 2.56. The molecule has 5 nitrogen and oxygen atoms in total. The third kappa shape index (κ3) is 2.66. The summed E-state index contributed by atoms with van der Waals surface area (Å²) in [7, 11) is -4.64. The average molecular weight is 204 g/mol. The van der Waals surface area contributed by atoms with Crippen LogP contribution in [0.4, 0.5) is 0 Å². The van der Waals surface area contributed by atoms with E-state index in [1.165, 1.54) is 0 Å². The number of hydrogen-bond acceptors (Lipinski definition) is 5. The molecule has 0 aromatic heterocycles. The van der Waals surface area contributed by atoms with Crippen molar-refractivity contribution in [2.24, 2.45) is 0 Å². The molecule has 1 saturated heterocycles. The van der Waals surface area contributed by atoms with E-state index in [0.29, 0.717) is 13.0 Å². The van der Waals surface area contributed by atoms with Gasteiger partial charge in [0.15, 0.2) is 4.93 Å². The first kappa shape index (κ1) is 12.8. The van der Waals surface area contributed by atoms with Gasteiger partial charge in [-0.25, -0.2) is 8.42 Å². The number of aliphatic hydroxyl groups is 1. The molecule has 1 N–H and O–H groups in total. The third-order valence-electron chi connectivity index (χ3n) is 1.65. The minimum absolute atomic E-state index is 0.